The molecular weight excluding hydrogens is 433 g/mol. The SMILES string of the molecule is CCOc1c(OC)cc(/C=C2\SC(=Nc3cccc(C(F)(F)F)c3)NC2=O)cc1OC. The maximum Gasteiger partial charge on any atom is 0.416 e. The van der Waals surface area contributed by atoms with Crippen molar-refractivity contribution in [3.63, 3.8) is 0 Å². The summed E-state index contributed by atoms with van der Waals surface area (Å²) in [5.74, 6) is 0.913. The molecule has 1 aliphatic heterocycles. The van der Waals surface area contributed by atoms with E-state index in [4.69, 9.17) is 14.2 Å². The molecule has 1 saturated heterocycles. The number of aliphatic imine (C=N–C) groups is 1. The van der Waals surface area contributed by atoms with E-state index in [1.165, 1.54) is 26.4 Å². The van der Waals surface area contributed by atoms with E-state index in [9.17, 15) is 18.0 Å². The first-order chi connectivity index (χ1) is 14.7. The van der Waals surface area contributed by atoms with Gasteiger partial charge in [0, 0.05) is 0 Å². The van der Waals surface area contributed by atoms with E-state index in [0.717, 1.165) is 23.9 Å². The number of rotatable bonds is 6. The number of thioether (sulfide) groups is 1. The van der Waals surface area contributed by atoms with Gasteiger partial charge in [0.2, 0.25) is 5.75 Å². The maximum atomic E-state index is 12.9. The van der Waals surface area contributed by atoms with Crippen LogP contribution in [0.25, 0.3) is 6.08 Å². The molecule has 31 heavy (non-hydrogen) atoms. The number of nitrogens with zero attached hydrogens (tertiary/aromatic N) is 1. The molecule has 6 nitrogen and oxygen atoms in total. The Balaban J connectivity index is 1.89. The molecule has 0 saturated carbocycles. The number of halogens is 3. The summed E-state index contributed by atoms with van der Waals surface area (Å²) in [5.41, 5.74) is -0.105. The lowest BCUT2D eigenvalue weighted by Gasteiger charge is -2.14. The minimum absolute atomic E-state index is 0.0864. The van der Waals surface area contributed by atoms with Gasteiger partial charge in [0.05, 0.1) is 37.0 Å². The third-order valence-corrected chi connectivity index (χ3v) is 5.03. The molecule has 0 unspecified atom stereocenters. The zero-order chi connectivity index (χ0) is 22.6. The molecule has 1 amide bonds. The molecule has 0 aromatic heterocycles. The van der Waals surface area contributed by atoms with E-state index >= 15 is 0 Å². The number of amides is 1. The van der Waals surface area contributed by atoms with Crippen molar-refractivity contribution in [3.05, 3.63) is 52.4 Å². The van der Waals surface area contributed by atoms with E-state index in [1.54, 1.807) is 18.2 Å². The van der Waals surface area contributed by atoms with Crippen LogP contribution < -0.4 is 19.5 Å². The maximum absolute atomic E-state index is 12.9. The van der Waals surface area contributed by atoms with Crippen LogP contribution >= 0.6 is 11.8 Å². The summed E-state index contributed by atoms with van der Waals surface area (Å²) in [6.45, 7) is 2.25. The molecule has 2 aromatic carbocycles. The molecule has 0 atom stereocenters. The summed E-state index contributed by atoms with van der Waals surface area (Å²) in [6.07, 6.45) is -2.87. The highest BCUT2D eigenvalue weighted by Crippen LogP contribution is 2.40. The number of amidine groups is 1. The second-order valence-corrected chi connectivity index (χ2v) is 7.25. The Labute approximate surface area is 181 Å². The summed E-state index contributed by atoms with van der Waals surface area (Å²) in [4.78, 5) is 16.8. The largest absolute Gasteiger partial charge is 0.493 e. The van der Waals surface area contributed by atoms with Crippen molar-refractivity contribution >= 4 is 34.6 Å². The monoisotopic (exact) mass is 452 g/mol. The molecule has 2 aromatic rings. The minimum Gasteiger partial charge on any atom is -0.493 e. The first-order valence-corrected chi connectivity index (χ1v) is 9.92. The lowest BCUT2D eigenvalue weighted by molar-refractivity contribution is -0.137. The fourth-order valence-corrected chi connectivity index (χ4v) is 3.61. The highest BCUT2D eigenvalue weighted by molar-refractivity contribution is 8.18. The highest BCUT2D eigenvalue weighted by atomic mass is 32.2. The molecule has 0 bridgehead atoms. The number of hydrogen-bond acceptors (Lipinski definition) is 6. The smallest absolute Gasteiger partial charge is 0.416 e. The van der Waals surface area contributed by atoms with Crippen LogP contribution in [0.2, 0.25) is 0 Å². The molecule has 164 valence electrons. The number of hydrogen-bond donors (Lipinski definition) is 1. The van der Waals surface area contributed by atoms with E-state index in [-0.39, 0.29) is 10.9 Å². The van der Waals surface area contributed by atoms with E-state index in [1.807, 2.05) is 6.92 Å². The molecular formula is C21H19F3N2O4S. The Kier molecular flexibility index (Phi) is 6.79. The fraction of sp³-hybridized carbons (Fsp3) is 0.238. The number of benzene rings is 2. The lowest BCUT2D eigenvalue weighted by Crippen LogP contribution is -2.19. The molecule has 1 fully saturated rings. The van der Waals surface area contributed by atoms with E-state index < -0.39 is 17.6 Å². The normalized spacial score (nSPS) is 16.5. The molecule has 10 heteroatoms. The van der Waals surface area contributed by atoms with Crippen LogP contribution in [0.15, 0.2) is 46.3 Å². The van der Waals surface area contributed by atoms with Crippen molar-refractivity contribution in [1.29, 1.82) is 0 Å². The predicted octanol–water partition coefficient (Wildman–Crippen LogP) is 5.01. The number of alkyl halides is 3. The molecule has 0 spiro atoms. The second kappa shape index (κ2) is 9.34. The summed E-state index contributed by atoms with van der Waals surface area (Å²) in [5, 5.41) is 2.74. The van der Waals surface area contributed by atoms with Crippen LogP contribution in [0.3, 0.4) is 0 Å². The summed E-state index contributed by atoms with van der Waals surface area (Å²) < 4.78 is 54.9. The average molecular weight is 452 g/mol. The van der Waals surface area contributed by atoms with Crippen molar-refractivity contribution < 1.29 is 32.2 Å². The Hall–Kier alpha value is -3.14. The third kappa shape index (κ3) is 5.32. The first-order valence-electron chi connectivity index (χ1n) is 9.10. The predicted molar refractivity (Wildman–Crippen MR) is 113 cm³/mol. The number of carbonyl (C=O) groups is 1. The van der Waals surface area contributed by atoms with Crippen molar-refractivity contribution in [3.8, 4) is 17.2 Å². The van der Waals surface area contributed by atoms with Crippen LogP contribution in [0.1, 0.15) is 18.1 Å². The Bertz CT molecular complexity index is 1030. The number of ether oxygens (including phenoxy) is 3. The Morgan fingerprint density at radius 2 is 1.81 bits per heavy atom. The number of nitrogens with one attached hydrogen (secondary N) is 1. The molecule has 3 rings (SSSR count). The number of carbonyl (C=O) groups excluding carboxylic acids is 1. The lowest BCUT2D eigenvalue weighted by atomic mass is 10.1. The van der Waals surface area contributed by atoms with Crippen molar-refractivity contribution in [1.82, 2.24) is 5.32 Å². The Morgan fingerprint density at radius 1 is 1.13 bits per heavy atom. The number of methoxy groups -OCH3 is 2. The standard InChI is InChI=1S/C21H19F3N2O4S/c1-4-30-18-15(28-2)8-12(9-16(18)29-3)10-17-19(27)26-20(31-17)25-14-7-5-6-13(11-14)21(22,23)24/h5-11H,4H2,1-3H3,(H,25,26,27)/b17-10-. The third-order valence-electron chi connectivity index (χ3n) is 4.12. The van der Waals surface area contributed by atoms with Gasteiger partial charge in [0.1, 0.15) is 0 Å². The van der Waals surface area contributed by atoms with Gasteiger partial charge in [0.15, 0.2) is 16.7 Å². The van der Waals surface area contributed by atoms with Gasteiger partial charge in [-0.3, -0.25) is 4.79 Å². The van der Waals surface area contributed by atoms with Crippen LogP contribution in [0.4, 0.5) is 18.9 Å². The van der Waals surface area contributed by atoms with Crippen molar-refractivity contribution in [2.75, 3.05) is 20.8 Å². The van der Waals surface area contributed by atoms with Gasteiger partial charge in [-0.25, -0.2) is 4.99 Å². The van der Waals surface area contributed by atoms with E-state index in [0.29, 0.717) is 34.3 Å². The van der Waals surface area contributed by atoms with Crippen LogP contribution in [0, 0.1) is 0 Å². The van der Waals surface area contributed by atoms with Crippen LogP contribution in [0.5, 0.6) is 17.2 Å². The second-order valence-electron chi connectivity index (χ2n) is 6.22. The highest BCUT2D eigenvalue weighted by Gasteiger charge is 2.30. The quantitative estimate of drug-likeness (QED) is 0.624. The average Bonchev–Trinajstić information content (AvgIpc) is 3.06. The molecule has 0 aliphatic carbocycles. The van der Waals surface area contributed by atoms with Gasteiger partial charge in [-0.05, 0) is 60.7 Å². The van der Waals surface area contributed by atoms with Gasteiger partial charge in [-0.2, -0.15) is 13.2 Å². The minimum atomic E-state index is -4.47. The molecule has 0 radical (unpaired) electrons. The molecule has 1 N–H and O–H groups in total. The van der Waals surface area contributed by atoms with Gasteiger partial charge >= 0.3 is 6.18 Å². The van der Waals surface area contributed by atoms with Gasteiger partial charge in [0.25, 0.3) is 5.91 Å². The fourth-order valence-electron chi connectivity index (χ4n) is 2.77. The molecule has 1 aliphatic rings. The van der Waals surface area contributed by atoms with E-state index in [2.05, 4.69) is 10.3 Å². The Morgan fingerprint density at radius 3 is 2.39 bits per heavy atom. The van der Waals surface area contributed by atoms with Crippen molar-refractivity contribution in [2.24, 2.45) is 4.99 Å². The van der Waals surface area contributed by atoms with Gasteiger partial charge < -0.3 is 19.5 Å². The zero-order valence-corrected chi connectivity index (χ0v) is 17.7. The molecule has 1 heterocycles. The van der Waals surface area contributed by atoms with Crippen molar-refractivity contribution in [2.45, 2.75) is 13.1 Å². The summed E-state index contributed by atoms with van der Waals surface area (Å²) in [7, 11) is 2.98. The van der Waals surface area contributed by atoms with Gasteiger partial charge in [-0.15, -0.1) is 0 Å². The first kappa shape index (κ1) is 22.5. The van der Waals surface area contributed by atoms with Crippen LogP contribution in [-0.4, -0.2) is 31.9 Å². The summed E-state index contributed by atoms with van der Waals surface area (Å²) >= 11 is 1.02. The van der Waals surface area contributed by atoms with Gasteiger partial charge in [-0.1, -0.05) is 6.07 Å². The van der Waals surface area contributed by atoms with Crippen LogP contribution in [-0.2, 0) is 11.0 Å². The zero-order valence-electron chi connectivity index (χ0n) is 16.9. The summed E-state index contributed by atoms with van der Waals surface area (Å²) in [6, 6.07) is 7.95. The topological polar surface area (TPSA) is 69.2 Å².